The van der Waals surface area contributed by atoms with Crippen LogP contribution in [0.4, 0.5) is 0 Å². The van der Waals surface area contributed by atoms with Crippen LogP contribution in [0, 0.1) is 11.8 Å². The normalized spacial score (nSPS) is 32.2. The first-order chi connectivity index (χ1) is 17.7. The van der Waals surface area contributed by atoms with Crippen LogP contribution < -0.4 is 11.1 Å². The number of ether oxygens (including phenoxy) is 5. The summed E-state index contributed by atoms with van der Waals surface area (Å²) in [5.41, 5.74) is 4.50. The van der Waals surface area contributed by atoms with Crippen LogP contribution in [-0.2, 0) is 42.9 Å². The number of esters is 1. The Morgan fingerprint density at radius 2 is 1.59 bits per heavy atom. The van der Waals surface area contributed by atoms with Crippen LogP contribution in [0.15, 0.2) is 9.98 Å². The van der Waals surface area contributed by atoms with Crippen LogP contribution in [0.5, 0.6) is 0 Å². The second-order valence-corrected chi connectivity index (χ2v) is 8.47. The fourth-order valence-electron chi connectivity index (χ4n) is 4.78. The first-order valence-corrected chi connectivity index (χ1v) is 12.0. The predicted octanol–water partition coefficient (Wildman–Crippen LogP) is -1.07. The highest BCUT2D eigenvalue weighted by Gasteiger charge is 2.73. The summed E-state index contributed by atoms with van der Waals surface area (Å²) in [5.74, 6) is -3.73. The minimum absolute atomic E-state index is 0.0186. The van der Waals surface area contributed by atoms with Crippen molar-refractivity contribution < 1.29 is 42.9 Å². The maximum absolute atomic E-state index is 12.9. The minimum Gasteiger partial charge on any atom is -0.466 e. The molecule has 0 aromatic carbocycles. The highest BCUT2D eigenvalue weighted by Crippen LogP contribution is 2.54. The maximum Gasteiger partial charge on any atom is 0.306 e. The summed E-state index contributed by atoms with van der Waals surface area (Å²) in [7, 11) is 7.72. The van der Waals surface area contributed by atoms with Crippen LogP contribution in [0.25, 0.3) is 0 Å². The van der Waals surface area contributed by atoms with Gasteiger partial charge in [0.25, 0.3) is 5.97 Å². The van der Waals surface area contributed by atoms with Crippen molar-refractivity contribution in [1.29, 1.82) is 0 Å². The lowest BCUT2D eigenvalue weighted by molar-refractivity contribution is -0.330. The second-order valence-electron chi connectivity index (χ2n) is 8.47. The Hall–Kier alpha value is -2.74. The van der Waals surface area contributed by atoms with Gasteiger partial charge in [0.15, 0.2) is 0 Å². The van der Waals surface area contributed by atoms with Gasteiger partial charge in [-0.15, -0.1) is 0 Å². The van der Waals surface area contributed by atoms with Crippen molar-refractivity contribution in [3.05, 3.63) is 0 Å². The van der Waals surface area contributed by atoms with Crippen LogP contribution in [-0.4, -0.2) is 113 Å². The second kappa shape index (κ2) is 13.7. The van der Waals surface area contributed by atoms with Crippen molar-refractivity contribution in [3.63, 3.8) is 0 Å². The van der Waals surface area contributed by atoms with Crippen molar-refractivity contribution in [3.8, 4) is 0 Å². The summed E-state index contributed by atoms with van der Waals surface area (Å²) in [6.07, 6.45) is -1.66. The number of nitrogens with two attached hydrogens (primary N) is 1. The van der Waals surface area contributed by atoms with E-state index in [1.165, 1.54) is 26.1 Å². The number of aliphatic imine (C=N–C) groups is 2. The number of fused-ring (bicyclic) bond motifs is 8. The summed E-state index contributed by atoms with van der Waals surface area (Å²) in [6.45, 7) is 1.86. The van der Waals surface area contributed by atoms with Crippen LogP contribution in [0.3, 0.4) is 0 Å². The van der Waals surface area contributed by atoms with E-state index in [-0.39, 0.29) is 43.7 Å². The number of hydrogen-bond acceptors (Lipinski definition) is 12. The number of carbonyl (C=O) groups excluding carboxylic acids is 4. The number of nitrogens with zero attached hydrogens (tertiary/aromatic N) is 3. The molecule has 37 heavy (non-hydrogen) atoms. The van der Waals surface area contributed by atoms with E-state index in [4.69, 9.17) is 23.7 Å². The summed E-state index contributed by atoms with van der Waals surface area (Å²) in [4.78, 5) is 56.6. The van der Waals surface area contributed by atoms with Gasteiger partial charge in [0.2, 0.25) is 17.7 Å². The number of hydrogen-bond donors (Lipinski definition) is 2. The molecular weight excluding hydrogens is 490 g/mol. The molecule has 0 radical (unpaired) electrons. The third-order valence-corrected chi connectivity index (χ3v) is 6.38. The van der Waals surface area contributed by atoms with E-state index in [2.05, 4.69) is 27.0 Å². The van der Waals surface area contributed by atoms with E-state index in [0.29, 0.717) is 6.42 Å². The molecule has 3 N–H and O–H groups in total. The van der Waals surface area contributed by atoms with Gasteiger partial charge in [0.1, 0.15) is 12.2 Å². The smallest absolute Gasteiger partial charge is 0.306 e. The quantitative estimate of drug-likeness (QED) is 0.171. The highest BCUT2D eigenvalue weighted by atomic mass is 16.9. The minimum atomic E-state index is -1.21. The highest BCUT2D eigenvalue weighted by molar-refractivity contribution is 6.06. The zero-order valence-corrected chi connectivity index (χ0v) is 22.1. The number of rotatable bonds is 8. The molecule has 3 amide bonds. The van der Waals surface area contributed by atoms with Gasteiger partial charge in [-0.25, -0.2) is 9.98 Å². The monoisotopic (exact) mass is 527 g/mol. The number of methoxy groups -OCH3 is 1. The summed E-state index contributed by atoms with van der Waals surface area (Å²) < 4.78 is 27.8. The molecule has 14 heteroatoms. The van der Waals surface area contributed by atoms with Crippen molar-refractivity contribution in [1.82, 2.24) is 10.2 Å². The molecule has 4 saturated heterocycles. The van der Waals surface area contributed by atoms with E-state index < -0.39 is 48.2 Å². The Labute approximate surface area is 215 Å². The zero-order chi connectivity index (χ0) is 27.8. The topological polar surface area (TPSA) is 180 Å². The first-order valence-electron chi connectivity index (χ1n) is 12.0. The third-order valence-electron chi connectivity index (χ3n) is 6.38. The van der Waals surface area contributed by atoms with E-state index in [1.807, 2.05) is 0 Å². The summed E-state index contributed by atoms with van der Waals surface area (Å²) >= 11 is 0. The number of amides is 3. The van der Waals surface area contributed by atoms with E-state index in [0.717, 1.165) is 0 Å². The lowest BCUT2D eigenvalue weighted by atomic mass is 9.78. The largest absolute Gasteiger partial charge is 0.466 e. The predicted molar refractivity (Wildman–Crippen MR) is 128 cm³/mol. The molecule has 0 spiro atoms. The van der Waals surface area contributed by atoms with E-state index in [1.54, 1.807) is 21.0 Å². The number of likely N-dealkylation sites (tertiary alicyclic amines) is 1. The van der Waals surface area contributed by atoms with Gasteiger partial charge < -0.3 is 34.7 Å². The molecule has 14 nitrogen and oxygen atoms in total. The standard InChI is InChI=1S/C19H26N2O9.C3H6N2.CH5N/c1-19(26-3)29-15-13-11-12(14(28-13)16(15)30-19)18(25)21(17(11)24)7-4-8-27-10(23)6-5-9(22)20-2;1-4-3-5-2;1-2/h11-16H,4-8H2,1-3H3,(H,20,22);1-2H3;2H2,1H3/t11?,12?,13-,14?,15+,16?,19?;;/m0../s1. The maximum atomic E-state index is 12.9. The molecule has 0 aromatic rings. The molecule has 0 aromatic heterocycles. The molecule has 208 valence electrons. The van der Waals surface area contributed by atoms with Gasteiger partial charge in [-0.1, -0.05) is 0 Å². The summed E-state index contributed by atoms with van der Waals surface area (Å²) in [5, 5.41) is 2.42. The zero-order valence-electron chi connectivity index (χ0n) is 22.1. The lowest BCUT2D eigenvalue weighted by Crippen LogP contribution is -2.46. The molecule has 4 aliphatic rings. The third kappa shape index (κ3) is 6.58. The van der Waals surface area contributed by atoms with Crippen LogP contribution in [0.2, 0.25) is 0 Å². The van der Waals surface area contributed by atoms with Crippen molar-refractivity contribution in [2.75, 3.05) is 48.5 Å². The van der Waals surface area contributed by atoms with Crippen LogP contribution >= 0.6 is 0 Å². The molecule has 2 bridgehead atoms. The van der Waals surface area contributed by atoms with Crippen molar-refractivity contribution >= 4 is 29.7 Å². The van der Waals surface area contributed by atoms with Gasteiger partial charge in [-0.3, -0.25) is 24.1 Å². The van der Waals surface area contributed by atoms with Gasteiger partial charge >= 0.3 is 5.97 Å². The Morgan fingerprint density at radius 3 is 2.03 bits per heavy atom. The fourth-order valence-corrected chi connectivity index (χ4v) is 4.78. The number of nitrogens with one attached hydrogen (secondary N) is 1. The van der Waals surface area contributed by atoms with E-state index in [9.17, 15) is 19.2 Å². The lowest BCUT2D eigenvalue weighted by Gasteiger charge is -2.24. The Balaban J connectivity index is 0.000000617. The van der Waals surface area contributed by atoms with Gasteiger partial charge in [0, 0.05) is 48.1 Å². The molecule has 0 saturated carbocycles. The average Bonchev–Trinajstić information content (AvgIpc) is 3.61. The Bertz CT molecular complexity index is 865. The molecular formula is C23H37N5O9. The Morgan fingerprint density at radius 1 is 1.05 bits per heavy atom. The summed E-state index contributed by atoms with van der Waals surface area (Å²) in [6, 6.07) is 2.36. The van der Waals surface area contributed by atoms with Gasteiger partial charge in [-0.2, -0.15) is 0 Å². The molecule has 4 fully saturated rings. The average molecular weight is 528 g/mol. The van der Waals surface area contributed by atoms with Gasteiger partial charge in [-0.05, 0) is 13.5 Å². The van der Waals surface area contributed by atoms with Crippen LogP contribution in [0.1, 0.15) is 26.2 Å². The van der Waals surface area contributed by atoms with E-state index >= 15 is 0 Å². The number of carbonyl (C=O) groups is 4. The van der Waals surface area contributed by atoms with Crippen molar-refractivity contribution in [2.24, 2.45) is 27.6 Å². The molecule has 7 atom stereocenters. The molecule has 4 aliphatic heterocycles. The fraction of sp³-hybridized carbons (Fsp3) is 0.783. The molecule has 0 aliphatic carbocycles. The molecule has 4 rings (SSSR count). The number of imide groups is 1. The Kier molecular flexibility index (Phi) is 11.3. The van der Waals surface area contributed by atoms with Crippen molar-refractivity contribution in [2.45, 2.75) is 56.6 Å². The molecule has 4 heterocycles. The molecule has 5 unspecified atom stereocenters. The SMILES string of the molecule is CN.CN=C=NC.CNC(=O)CCC(=O)OCCCN1C(=O)C2C3O[C@@H](C2C1=O)[C@H]1OC(C)(OC)OC31. The van der Waals surface area contributed by atoms with Gasteiger partial charge in [0.05, 0.1) is 43.1 Å². The first kappa shape index (κ1) is 30.5.